The standard InChI is InChI=1S/C24H15N5O6/c25-11-15-20(14-9-18-19(34-12-33-18)10-16(14)29(30)31)21-22(17-7-4-8-32-17)27-28(24(21)35-23(15)26)13-5-2-1-3-6-13/h1-10,20H,12,26H2. The third-order valence-electron chi connectivity index (χ3n) is 5.83. The van der Waals surface area contributed by atoms with Crippen molar-refractivity contribution in [2.45, 2.75) is 5.92 Å². The highest BCUT2D eigenvalue weighted by Crippen LogP contribution is 2.51. The van der Waals surface area contributed by atoms with Crippen LogP contribution in [0.5, 0.6) is 17.4 Å². The van der Waals surface area contributed by atoms with E-state index >= 15 is 0 Å². The van der Waals surface area contributed by atoms with E-state index in [0.29, 0.717) is 28.5 Å². The van der Waals surface area contributed by atoms with E-state index < -0.39 is 10.8 Å². The minimum absolute atomic E-state index is 0.000108. The summed E-state index contributed by atoms with van der Waals surface area (Å²) in [6.45, 7) is -0.0678. The van der Waals surface area contributed by atoms with Gasteiger partial charge < -0.3 is 24.4 Å². The quantitative estimate of drug-likeness (QED) is 0.345. The van der Waals surface area contributed by atoms with Gasteiger partial charge in [-0.25, -0.2) is 0 Å². The van der Waals surface area contributed by atoms with Gasteiger partial charge in [-0.3, -0.25) is 10.1 Å². The average Bonchev–Trinajstić information content (AvgIpc) is 3.62. The number of fused-ring (bicyclic) bond motifs is 2. The van der Waals surface area contributed by atoms with Crippen LogP contribution in [-0.4, -0.2) is 21.5 Å². The largest absolute Gasteiger partial charge is 0.463 e. The molecular formula is C24H15N5O6. The molecule has 4 heterocycles. The molecule has 2 aliphatic rings. The highest BCUT2D eigenvalue weighted by atomic mass is 16.7. The van der Waals surface area contributed by atoms with E-state index in [1.165, 1.54) is 23.1 Å². The molecule has 0 saturated heterocycles. The molecule has 172 valence electrons. The Morgan fingerprint density at radius 3 is 2.60 bits per heavy atom. The number of aromatic nitrogens is 2. The number of allylic oxidation sites excluding steroid dienone is 1. The second-order valence-corrected chi connectivity index (χ2v) is 7.74. The van der Waals surface area contributed by atoms with Gasteiger partial charge in [-0.05, 0) is 30.3 Å². The van der Waals surface area contributed by atoms with Gasteiger partial charge in [0.25, 0.3) is 5.69 Å². The summed E-state index contributed by atoms with van der Waals surface area (Å²) >= 11 is 0. The summed E-state index contributed by atoms with van der Waals surface area (Å²) in [5.41, 5.74) is 7.53. The molecule has 2 N–H and O–H groups in total. The first kappa shape index (κ1) is 20.4. The molecule has 0 aliphatic carbocycles. The van der Waals surface area contributed by atoms with Gasteiger partial charge in [-0.2, -0.15) is 15.0 Å². The number of rotatable bonds is 4. The molecule has 11 heteroatoms. The summed E-state index contributed by atoms with van der Waals surface area (Å²) in [6.07, 6.45) is 1.49. The number of furan rings is 1. The number of hydrogen-bond acceptors (Lipinski definition) is 9. The molecule has 6 rings (SSSR count). The molecule has 2 aromatic heterocycles. The summed E-state index contributed by atoms with van der Waals surface area (Å²) in [6, 6.07) is 17.4. The number of para-hydroxylation sites is 1. The van der Waals surface area contributed by atoms with Crippen LogP contribution in [0.1, 0.15) is 17.0 Å². The third kappa shape index (κ3) is 3.08. The molecule has 2 aliphatic heterocycles. The lowest BCUT2D eigenvalue weighted by Crippen LogP contribution is -2.22. The molecule has 0 radical (unpaired) electrons. The molecule has 11 nitrogen and oxygen atoms in total. The molecule has 0 fully saturated rings. The third-order valence-corrected chi connectivity index (χ3v) is 5.83. The van der Waals surface area contributed by atoms with Crippen molar-refractivity contribution in [3.63, 3.8) is 0 Å². The number of nitriles is 1. The summed E-state index contributed by atoms with van der Waals surface area (Å²) in [4.78, 5) is 11.6. The van der Waals surface area contributed by atoms with Crippen LogP contribution in [-0.2, 0) is 0 Å². The number of nitro groups is 1. The van der Waals surface area contributed by atoms with E-state index in [-0.39, 0.29) is 41.1 Å². The Hall–Kier alpha value is -5.24. The zero-order valence-corrected chi connectivity index (χ0v) is 17.9. The SMILES string of the molecule is N#CC1=C(N)Oc2c(c(-c3ccco3)nn2-c2ccccc2)C1c1cc2c(cc1[N+](=O)[O-])OCO2. The molecule has 1 unspecified atom stereocenters. The number of hydrogen-bond donors (Lipinski definition) is 1. The van der Waals surface area contributed by atoms with Gasteiger partial charge in [-0.1, -0.05) is 18.2 Å². The van der Waals surface area contributed by atoms with Gasteiger partial charge in [0, 0.05) is 5.56 Å². The summed E-state index contributed by atoms with van der Waals surface area (Å²) < 4.78 is 23.9. The number of nitrogens with two attached hydrogens (primary N) is 1. The molecular weight excluding hydrogens is 454 g/mol. The van der Waals surface area contributed by atoms with Crippen molar-refractivity contribution in [1.29, 1.82) is 5.26 Å². The first-order valence-corrected chi connectivity index (χ1v) is 10.4. The Morgan fingerprint density at radius 2 is 1.91 bits per heavy atom. The van der Waals surface area contributed by atoms with Crippen molar-refractivity contribution >= 4 is 5.69 Å². The van der Waals surface area contributed by atoms with Crippen molar-refractivity contribution in [3.05, 3.63) is 93.6 Å². The fourth-order valence-corrected chi connectivity index (χ4v) is 4.33. The van der Waals surface area contributed by atoms with Gasteiger partial charge in [-0.15, -0.1) is 0 Å². The Kier molecular flexibility index (Phi) is 4.46. The maximum absolute atomic E-state index is 12.1. The monoisotopic (exact) mass is 469 g/mol. The fraction of sp³-hybridized carbons (Fsp3) is 0.0833. The van der Waals surface area contributed by atoms with Crippen molar-refractivity contribution < 1.29 is 23.6 Å². The predicted octanol–water partition coefficient (Wildman–Crippen LogP) is 3.99. The zero-order chi connectivity index (χ0) is 24.1. The van der Waals surface area contributed by atoms with E-state index in [4.69, 9.17) is 29.5 Å². The maximum atomic E-state index is 12.1. The Morgan fingerprint density at radius 1 is 1.14 bits per heavy atom. The molecule has 0 saturated carbocycles. The molecule has 0 amide bonds. The molecule has 0 bridgehead atoms. The first-order chi connectivity index (χ1) is 17.1. The van der Waals surface area contributed by atoms with Gasteiger partial charge in [0.2, 0.25) is 18.6 Å². The molecule has 2 aromatic carbocycles. The van der Waals surface area contributed by atoms with Crippen LogP contribution in [0, 0.1) is 21.4 Å². The molecule has 1 atom stereocenters. The number of nitro benzene ring substituents is 1. The van der Waals surface area contributed by atoms with E-state index in [9.17, 15) is 15.4 Å². The van der Waals surface area contributed by atoms with Crippen LogP contribution >= 0.6 is 0 Å². The van der Waals surface area contributed by atoms with E-state index in [2.05, 4.69) is 6.07 Å². The lowest BCUT2D eigenvalue weighted by Gasteiger charge is -2.25. The highest BCUT2D eigenvalue weighted by Gasteiger charge is 2.42. The number of ether oxygens (including phenoxy) is 3. The lowest BCUT2D eigenvalue weighted by atomic mass is 9.82. The molecule has 4 aromatic rings. The Balaban J connectivity index is 1.69. The highest BCUT2D eigenvalue weighted by molar-refractivity contribution is 5.72. The van der Waals surface area contributed by atoms with Crippen LogP contribution in [0.15, 0.2) is 76.7 Å². The summed E-state index contributed by atoms with van der Waals surface area (Å²) in [5.74, 6) is 0.0111. The van der Waals surface area contributed by atoms with Crippen molar-refractivity contribution in [2.24, 2.45) is 5.73 Å². The van der Waals surface area contributed by atoms with Gasteiger partial charge >= 0.3 is 0 Å². The van der Waals surface area contributed by atoms with Crippen molar-refractivity contribution in [2.75, 3.05) is 6.79 Å². The minimum Gasteiger partial charge on any atom is -0.463 e. The first-order valence-electron chi connectivity index (χ1n) is 10.4. The van der Waals surface area contributed by atoms with Crippen molar-refractivity contribution in [1.82, 2.24) is 9.78 Å². The van der Waals surface area contributed by atoms with Crippen LogP contribution in [0.3, 0.4) is 0 Å². The molecule has 35 heavy (non-hydrogen) atoms. The van der Waals surface area contributed by atoms with E-state index in [1.807, 2.05) is 30.3 Å². The van der Waals surface area contributed by atoms with Gasteiger partial charge in [0.1, 0.15) is 17.3 Å². The lowest BCUT2D eigenvalue weighted by molar-refractivity contribution is -0.385. The fourth-order valence-electron chi connectivity index (χ4n) is 4.33. The zero-order valence-electron chi connectivity index (χ0n) is 17.9. The van der Waals surface area contributed by atoms with Crippen LogP contribution in [0.25, 0.3) is 17.1 Å². The normalized spacial score (nSPS) is 15.9. The minimum atomic E-state index is -0.990. The van der Waals surface area contributed by atoms with E-state index in [0.717, 1.165) is 0 Å². The van der Waals surface area contributed by atoms with Crippen molar-refractivity contribution in [3.8, 4) is 40.6 Å². The summed E-state index contributed by atoms with van der Waals surface area (Å²) in [5, 5.41) is 26.9. The Labute approximate surface area is 197 Å². The smallest absolute Gasteiger partial charge is 0.277 e. The average molecular weight is 469 g/mol. The number of benzene rings is 2. The second-order valence-electron chi connectivity index (χ2n) is 7.74. The second kappa shape index (κ2) is 7.67. The van der Waals surface area contributed by atoms with E-state index in [1.54, 1.807) is 12.1 Å². The van der Waals surface area contributed by atoms with Crippen LogP contribution < -0.4 is 19.9 Å². The molecule has 0 spiro atoms. The van der Waals surface area contributed by atoms with Crippen LogP contribution in [0.4, 0.5) is 5.69 Å². The maximum Gasteiger partial charge on any atom is 0.277 e. The predicted molar refractivity (Wildman–Crippen MR) is 120 cm³/mol. The van der Waals surface area contributed by atoms with Gasteiger partial charge in [0.15, 0.2) is 17.3 Å². The summed E-state index contributed by atoms with van der Waals surface area (Å²) in [7, 11) is 0. The van der Waals surface area contributed by atoms with Crippen LogP contribution in [0.2, 0.25) is 0 Å². The Bertz CT molecular complexity index is 1550. The topological polar surface area (TPSA) is 152 Å². The van der Waals surface area contributed by atoms with Gasteiger partial charge in [0.05, 0.1) is 34.4 Å². The number of nitrogens with zero attached hydrogens (tertiary/aromatic N) is 4.